The Morgan fingerprint density at radius 2 is 1.91 bits per heavy atom. The Hall–Kier alpha value is -0.610. The summed E-state index contributed by atoms with van der Waals surface area (Å²) >= 11 is 12.0. The average Bonchev–Trinajstić information content (AvgIpc) is 2.50. The van der Waals surface area contributed by atoms with Crippen LogP contribution >= 0.6 is 23.2 Å². The largest absolute Gasteiger partial charge is 0.379 e. The van der Waals surface area contributed by atoms with Crippen LogP contribution < -0.4 is 5.32 Å². The molecule has 0 atom stereocenters. The topological polar surface area (TPSA) is 38.3 Å². The number of hydrogen-bond donors (Lipinski definition) is 1. The van der Waals surface area contributed by atoms with Crippen LogP contribution in [0.15, 0.2) is 18.2 Å². The number of ketones is 1. The quantitative estimate of drug-likeness (QED) is 0.807. The normalized spacial score (nSPS) is 18.2. The predicted molar refractivity (Wildman–Crippen MR) is 91.0 cm³/mol. The number of carbonyl (C=O) groups is 1. The Morgan fingerprint density at radius 3 is 2.45 bits per heavy atom. The minimum absolute atomic E-state index is 0.137. The van der Waals surface area contributed by atoms with Crippen molar-refractivity contribution in [1.29, 1.82) is 0 Å². The van der Waals surface area contributed by atoms with Gasteiger partial charge in [-0.2, -0.15) is 0 Å². The van der Waals surface area contributed by atoms with Crippen molar-refractivity contribution in [3.63, 3.8) is 0 Å². The fourth-order valence-corrected chi connectivity index (χ4v) is 3.52. The van der Waals surface area contributed by atoms with Crippen LogP contribution in [0.2, 0.25) is 10.0 Å². The number of Topliss-reactive ketones (excluding diaryl/α,β-unsaturated/α-hetero) is 1. The van der Waals surface area contributed by atoms with Crippen LogP contribution in [0.4, 0.5) is 0 Å². The van der Waals surface area contributed by atoms with E-state index in [9.17, 15) is 4.79 Å². The molecule has 1 heterocycles. The smallest absolute Gasteiger partial charge is 0.169 e. The van der Waals surface area contributed by atoms with Gasteiger partial charge in [-0.1, -0.05) is 23.2 Å². The molecule has 0 amide bonds. The second kappa shape index (κ2) is 6.88. The molecule has 0 aliphatic carbocycles. The highest BCUT2D eigenvalue weighted by Gasteiger charge is 2.43. The van der Waals surface area contributed by atoms with Crippen molar-refractivity contribution < 1.29 is 9.53 Å². The fourth-order valence-electron chi connectivity index (χ4n) is 3.22. The summed E-state index contributed by atoms with van der Waals surface area (Å²) in [5.74, 6) is 0.137. The Kier molecular flexibility index (Phi) is 5.54. The van der Waals surface area contributed by atoms with E-state index in [1.165, 1.54) is 0 Å². The molecule has 1 aliphatic heterocycles. The second-order valence-electron chi connectivity index (χ2n) is 6.63. The highest BCUT2D eigenvalue weighted by atomic mass is 35.5. The van der Waals surface area contributed by atoms with E-state index in [4.69, 9.17) is 27.9 Å². The van der Waals surface area contributed by atoms with Gasteiger partial charge in [-0.05, 0) is 64.4 Å². The van der Waals surface area contributed by atoms with Crippen LogP contribution in [-0.4, -0.2) is 31.6 Å². The zero-order valence-corrected chi connectivity index (χ0v) is 14.9. The van der Waals surface area contributed by atoms with E-state index in [1.54, 1.807) is 25.3 Å². The van der Waals surface area contributed by atoms with Crippen molar-refractivity contribution in [3.8, 4) is 0 Å². The average molecular weight is 344 g/mol. The van der Waals surface area contributed by atoms with E-state index >= 15 is 0 Å². The zero-order chi connectivity index (χ0) is 16.4. The minimum atomic E-state index is -0.415. The summed E-state index contributed by atoms with van der Waals surface area (Å²) in [6.45, 7) is 5.73. The highest BCUT2D eigenvalue weighted by Crippen LogP contribution is 2.41. The van der Waals surface area contributed by atoms with Gasteiger partial charge >= 0.3 is 0 Å². The maximum atomic E-state index is 13.2. The van der Waals surface area contributed by atoms with Gasteiger partial charge < -0.3 is 10.1 Å². The number of rotatable bonds is 5. The molecule has 0 spiro atoms. The Bertz CT molecular complexity index is 552. The SMILES string of the molecule is COC(C)(C)CC1(C(=O)c2ccc(Cl)c(Cl)c2)CCNCC1. The Labute approximate surface area is 142 Å². The first-order valence-electron chi connectivity index (χ1n) is 7.55. The van der Waals surface area contributed by atoms with Crippen molar-refractivity contribution in [2.24, 2.45) is 5.41 Å². The molecule has 0 saturated carbocycles. The third-order valence-corrected chi connectivity index (χ3v) is 5.28. The lowest BCUT2D eigenvalue weighted by Gasteiger charge is -2.41. The number of halogens is 2. The van der Waals surface area contributed by atoms with E-state index in [2.05, 4.69) is 5.32 Å². The van der Waals surface area contributed by atoms with E-state index < -0.39 is 5.41 Å². The number of carbonyl (C=O) groups excluding carboxylic acids is 1. The molecule has 1 aromatic carbocycles. The number of ether oxygens (including phenoxy) is 1. The van der Waals surface area contributed by atoms with E-state index in [0.717, 1.165) is 25.9 Å². The van der Waals surface area contributed by atoms with E-state index in [-0.39, 0.29) is 11.4 Å². The maximum absolute atomic E-state index is 13.2. The summed E-state index contributed by atoms with van der Waals surface area (Å²) in [6.07, 6.45) is 2.30. The van der Waals surface area contributed by atoms with Gasteiger partial charge in [0, 0.05) is 18.1 Å². The van der Waals surface area contributed by atoms with E-state index in [1.807, 2.05) is 13.8 Å². The molecule has 0 radical (unpaired) electrons. The molecule has 5 heteroatoms. The minimum Gasteiger partial charge on any atom is -0.379 e. The predicted octanol–water partition coefficient (Wildman–Crippen LogP) is 4.36. The van der Waals surface area contributed by atoms with Crippen molar-refractivity contribution in [1.82, 2.24) is 5.32 Å². The molecule has 122 valence electrons. The molecule has 1 saturated heterocycles. The van der Waals surface area contributed by atoms with Crippen LogP contribution in [0.5, 0.6) is 0 Å². The van der Waals surface area contributed by atoms with Gasteiger partial charge in [0.1, 0.15) is 0 Å². The molecule has 22 heavy (non-hydrogen) atoms. The molecule has 3 nitrogen and oxygen atoms in total. The van der Waals surface area contributed by atoms with Gasteiger partial charge in [0.25, 0.3) is 0 Å². The number of benzene rings is 1. The summed E-state index contributed by atoms with van der Waals surface area (Å²) in [7, 11) is 1.69. The van der Waals surface area contributed by atoms with Gasteiger partial charge in [0.05, 0.1) is 15.6 Å². The Balaban J connectivity index is 2.35. The lowest BCUT2D eigenvalue weighted by molar-refractivity contribution is -0.0223. The lowest BCUT2D eigenvalue weighted by Crippen LogP contribution is -2.46. The van der Waals surface area contributed by atoms with Gasteiger partial charge in [-0.15, -0.1) is 0 Å². The standard InChI is InChI=1S/C17H23Cl2NO2/c1-16(2,22-3)11-17(6-8-20-9-7-17)15(21)12-4-5-13(18)14(19)10-12/h4-5,10,20H,6-9,11H2,1-3H3. The summed E-state index contributed by atoms with van der Waals surface area (Å²) in [6, 6.07) is 5.13. The maximum Gasteiger partial charge on any atom is 0.169 e. The first-order valence-corrected chi connectivity index (χ1v) is 8.31. The van der Waals surface area contributed by atoms with Crippen LogP contribution in [0.1, 0.15) is 43.5 Å². The molecule has 1 N–H and O–H groups in total. The summed E-state index contributed by atoms with van der Waals surface area (Å²) in [5, 5.41) is 4.22. The number of hydrogen-bond acceptors (Lipinski definition) is 3. The lowest BCUT2D eigenvalue weighted by atomic mass is 9.67. The number of methoxy groups -OCH3 is 1. The number of nitrogens with one attached hydrogen (secondary N) is 1. The number of piperidine rings is 1. The van der Waals surface area contributed by atoms with Crippen LogP contribution in [0.3, 0.4) is 0 Å². The Morgan fingerprint density at radius 1 is 1.27 bits per heavy atom. The van der Waals surface area contributed by atoms with Gasteiger partial charge in [0.15, 0.2) is 5.78 Å². The van der Waals surface area contributed by atoms with Gasteiger partial charge in [-0.25, -0.2) is 0 Å². The fraction of sp³-hybridized carbons (Fsp3) is 0.588. The molecular formula is C17H23Cl2NO2. The van der Waals surface area contributed by atoms with Gasteiger partial charge in [0.2, 0.25) is 0 Å². The summed E-state index contributed by atoms with van der Waals surface area (Å²) in [4.78, 5) is 13.2. The van der Waals surface area contributed by atoms with Crippen molar-refractivity contribution >= 4 is 29.0 Å². The van der Waals surface area contributed by atoms with Crippen molar-refractivity contribution in [2.45, 2.75) is 38.7 Å². The zero-order valence-electron chi connectivity index (χ0n) is 13.3. The molecule has 2 rings (SSSR count). The molecule has 1 fully saturated rings. The summed E-state index contributed by atoms with van der Waals surface area (Å²) in [5.41, 5.74) is -0.131. The highest BCUT2D eigenvalue weighted by molar-refractivity contribution is 6.42. The molecule has 1 aromatic rings. The molecule has 0 bridgehead atoms. The van der Waals surface area contributed by atoms with Crippen molar-refractivity contribution in [3.05, 3.63) is 33.8 Å². The van der Waals surface area contributed by atoms with E-state index in [0.29, 0.717) is 22.0 Å². The summed E-state index contributed by atoms with van der Waals surface area (Å²) < 4.78 is 5.57. The van der Waals surface area contributed by atoms with Crippen LogP contribution in [0, 0.1) is 5.41 Å². The molecular weight excluding hydrogens is 321 g/mol. The molecule has 1 aliphatic rings. The first-order chi connectivity index (χ1) is 10.3. The second-order valence-corrected chi connectivity index (χ2v) is 7.44. The van der Waals surface area contributed by atoms with Crippen molar-refractivity contribution in [2.75, 3.05) is 20.2 Å². The van der Waals surface area contributed by atoms with Crippen LogP contribution in [-0.2, 0) is 4.74 Å². The monoisotopic (exact) mass is 343 g/mol. The van der Waals surface area contributed by atoms with Gasteiger partial charge in [-0.3, -0.25) is 4.79 Å². The first kappa shape index (κ1) is 17.7. The molecule has 0 aromatic heterocycles. The third-order valence-electron chi connectivity index (χ3n) is 4.54. The third kappa shape index (κ3) is 3.83. The molecule has 0 unspecified atom stereocenters. The van der Waals surface area contributed by atoms with Crippen LogP contribution in [0.25, 0.3) is 0 Å².